The lowest BCUT2D eigenvalue weighted by atomic mass is 9.96. The van der Waals surface area contributed by atoms with Gasteiger partial charge in [-0.2, -0.15) is 5.10 Å². The van der Waals surface area contributed by atoms with E-state index < -0.39 is 0 Å². The van der Waals surface area contributed by atoms with E-state index in [1.54, 1.807) is 0 Å². The Labute approximate surface area is 148 Å². The van der Waals surface area contributed by atoms with Crippen LogP contribution in [0.5, 0.6) is 0 Å². The Bertz CT molecular complexity index is 778. The van der Waals surface area contributed by atoms with Gasteiger partial charge in [-0.1, -0.05) is 24.3 Å². The van der Waals surface area contributed by atoms with Gasteiger partial charge in [-0.15, -0.1) is 0 Å². The highest BCUT2D eigenvalue weighted by Gasteiger charge is 2.28. The second kappa shape index (κ2) is 7.13. The molecule has 0 radical (unpaired) electrons. The number of amides is 1. The van der Waals surface area contributed by atoms with Crippen molar-refractivity contribution in [3.8, 4) is 5.69 Å². The van der Waals surface area contributed by atoms with Crippen LogP contribution in [0.4, 0.5) is 4.79 Å². The third-order valence-electron chi connectivity index (χ3n) is 4.43. The van der Waals surface area contributed by atoms with Crippen LogP contribution in [-0.4, -0.2) is 28.0 Å². The van der Waals surface area contributed by atoms with E-state index in [0.717, 1.165) is 23.5 Å². The molecular weight excluding hydrogens is 314 g/mol. The number of carbonyl (C=O) groups is 1. The van der Waals surface area contributed by atoms with Gasteiger partial charge in [0, 0.05) is 23.2 Å². The fourth-order valence-electron chi connectivity index (χ4n) is 3.39. The van der Waals surface area contributed by atoms with E-state index in [-0.39, 0.29) is 24.2 Å². The van der Waals surface area contributed by atoms with Crippen LogP contribution >= 0.6 is 0 Å². The summed E-state index contributed by atoms with van der Waals surface area (Å²) in [6.45, 7) is 7.96. The number of nitrogens with one attached hydrogen (secondary N) is 1. The molecule has 5 nitrogen and oxygen atoms in total. The number of aromatic nitrogens is 2. The van der Waals surface area contributed by atoms with E-state index in [1.165, 1.54) is 5.56 Å². The summed E-state index contributed by atoms with van der Waals surface area (Å²) in [5.41, 5.74) is 4.42. The first-order valence-corrected chi connectivity index (χ1v) is 8.72. The molecule has 3 rings (SSSR count). The van der Waals surface area contributed by atoms with Crippen LogP contribution < -0.4 is 5.32 Å². The molecule has 2 unspecified atom stereocenters. The highest BCUT2D eigenvalue weighted by atomic mass is 16.6. The molecule has 1 amide bonds. The fourth-order valence-corrected chi connectivity index (χ4v) is 3.39. The van der Waals surface area contributed by atoms with Crippen molar-refractivity contribution in [2.75, 3.05) is 0 Å². The third kappa shape index (κ3) is 3.76. The van der Waals surface area contributed by atoms with Gasteiger partial charge in [0.1, 0.15) is 6.10 Å². The maximum atomic E-state index is 11.8. The second-order valence-electron chi connectivity index (χ2n) is 6.80. The first-order valence-electron chi connectivity index (χ1n) is 8.72. The molecule has 2 atom stereocenters. The molecule has 0 saturated heterocycles. The summed E-state index contributed by atoms with van der Waals surface area (Å²) in [7, 11) is 0. The number of carbonyl (C=O) groups excluding carboxylic acids is 1. The van der Waals surface area contributed by atoms with Crippen molar-refractivity contribution in [2.24, 2.45) is 0 Å². The number of hydrogen-bond acceptors (Lipinski definition) is 3. The molecule has 1 aliphatic carbocycles. The van der Waals surface area contributed by atoms with Gasteiger partial charge in [0.15, 0.2) is 0 Å². The smallest absolute Gasteiger partial charge is 0.407 e. The topological polar surface area (TPSA) is 56.2 Å². The average molecular weight is 339 g/mol. The minimum Gasteiger partial charge on any atom is -0.442 e. The first kappa shape index (κ1) is 17.3. The zero-order valence-corrected chi connectivity index (χ0v) is 15.2. The molecule has 0 aliphatic heterocycles. The van der Waals surface area contributed by atoms with Crippen LogP contribution in [0.2, 0.25) is 0 Å². The number of rotatable bonds is 4. The van der Waals surface area contributed by atoms with Crippen molar-refractivity contribution < 1.29 is 9.53 Å². The number of alkyl carbamates (subject to hydrolysis) is 1. The van der Waals surface area contributed by atoms with E-state index in [1.807, 2.05) is 49.7 Å². The summed E-state index contributed by atoms with van der Waals surface area (Å²) in [5, 5.41) is 7.47. The number of aryl methyl sites for hydroxylation is 1. The van der Waals surface area contributed by atoms with E-state index in [0.29, 0.717) is 0 Å². The van der Waals surface area contributed by atoms with Crippen LogP contribution in [0.1, 0.15) is 43.1 Å². The Balaban J connectivity index is 1.75. The van der Waals surface area contributed by atoms with Gasteiger partial charge in [-0.3, -0.25) is 0 Å². The molecule has 5 heteroatoms. The monoisotopic (exact) mass is 339 g/mol. The molecule has 0 spiro atoms. The number of allylic oxidation sites excluding steroid dienone is 1. The minimum absolute atomic E-state index is 0.0715. The molecule has 1 heterocycles. The largest absolute Gasteiger partial charge is 0.442 e. The first-order chi connectivity index (χ1) is 12.0. The quantitative estimate of drug-likeness (QED) is 0.856. The maximum Gasteiger partial charge on any atom is 0.407 e. The lowest BCUT2D eigenvalue weighted by molar-refractivity contribution is 0.115. The summed E-state index contributed by atoms with van der Waals surface area (Å²) >= 11 is 0. The van der Waals surface area contributed by atoms with Gasteiger partial charge >= 0.3 is 6.09 Å². The lowest BCUT2D eigenvalue weighted by Gasteiger charge is -2.15. The average Bonchev–Trinajstić information content (AvgIpc) is 3.11. The number of ether oxygens (including phenoxy) is 1. The predicted octanol–water partition coefficient (Wildman–Crippen LogP) is 4.04. The molecule has 0 fully saturated rings. The van der Waals surface area contributed by atoms with Crippen molar-refractivity contribution in [1.29, 1.82) is 0 Å². The summed E-state index contributed by atoms with van der Waals surface area (Å²) < 4.78 is 7.47. The van der Waals surface area contributed by atoms with Crippen LogP contribution in [0, 0.1) is 13.8 Å². The Kier molecular flexibility index (Phi) is 4.93. The summed E-state index contributed by atoms with van der Waals surface area (Å²) in [4.78, 5) is 11.8. The highest BCUT2D eigenvalue weighted by Crippen LogP contribution is 2.34. The molecule has 0 bridgehead atoms. The van der Waals surface area contributed by atoms with E-state index in [4.69, 9.17) is 9.84 Å². The van der Waals surface area contributed by atoms with Crippen LogP contribution in [-0.2, 0) is 4.74 Å². The number of nitrogens with zero attached hydrogens (tertiary/aromatic N) is 2. The van der Waals surface area contributed by atoms with Gasteiger partial charge in [-0.25, -0.2) is 9.48 Å². The third-order valence-corrected chi connectivity index (χ3v) is 4.43. The van der Waals surface area contributed by atoms with E-state index in [9.17, 15) is 4.79 Å². The van der Waals surface area contributed by atoms with Crippen LogP contribution in [0.15, 0.2) is 42.5 Å². The molecule has 132 valence electrons. The molecule has 25 heavy (non-hydrogen) atoms. The Morgan fingerprint density at radius 2 is 1.96 bits per heavy atom. The van der Waals surface area contributed by atoms with Crippen LogP contribution in [0.3, 0.4) is 0 Å². The Morgan fingerprint density at radius 1 is 1.24 bits per heavy atom. The standard InChI is InChI=1S/C20H25N3O2/c1-13(2)21-20(24)25-18-11-10-16(12-18)19-14(3)22-23(15(19)4)17-8-6-5-7-9-17/h5-11,13,16,18H,12H2,1-4H3,(H,21,24). The molecular formula is C20H25N3O2. The number of hydrogen-bond donors (Lipinski definition) is 1. The zero-order chi connectivity index (χ0) is 18.0. The molecule has 2 aromatic rings. The van der Waals surface area contributed by atoms with Gasteiger partial charge in [0.2, 0.25) is 0 Å². The molecule has 0 saturated carbocycles. The van der Waals surface area contributed by atoms with Crippen molar-refractivity contribution in [1.82, 2.24) is 15.1 Å². The van der Waals surface area contributed by atoms with Crippen molar-refractivity contribution in [2.45, 2.75) is 52.2 Å². The molecule has 1 aliphatic rings. The van der Waals surface area contributed by atoms with Gasteiger partial charge in [0.25, 0.3) is 0 Å². The maximum absolute atomic E-state index is 11.8. The Hall–Kier alpha value is -2.56. The summed E-state index contributed by atoms with van der Waals surface area (Å²) in [5.74, 6) is 0.217. The SMILES string of the molecule is Cc1nn(-c2ccccc2)c(C)c1C1C=CC(OC(=O)NC(C)C)C1. The Morgan fingerprint density at radius 3 is 2.64 bits per heavy atom. The normalized spacial score (nSPS) is 19.4. The van der Waals surface area contributed by atoms with E-state index in [2.05, 4.69) is 30.4 Å². The van der Waals surface area contributed by atoms with Gasteiger partial charge < -0.3 is 10.1 Å². The second-order valence-corrected chi connectivity index (χ2v) is 6.80. The number of benzene rings is 1. The lowest BCUT2D eigenvalue weighted by Crippen LogP contribution is -2.33. The fraction of sp³-hybridized carbons (Fsp3) is 0.400. The van der Waals surface area contributed by atoms with Crippen LogP contribution in [0.25, 0.3) is 5.69 Å². The minimum atomic E-state index is -0.362. The molecule has 1 aromatic carbocycles. The van der Waals surface area contributed by atoms with E-state index >= 15 is 0 Å². The zero-order valence-electron chi connectivity index (χ0n) is 15.2. The van der Waals surface area contributed by atoms with Crippen molar-refractivity contribution >= 4 is 6.09 Å². The highest BCUT2D eigenvalue weighted by molar-refractivity contribution is 5.68. The number of para-hydroxylation sites is 1. The van der Waals surface area contributed by atoms with Crippen molar-refractivity contribution in [3.05, 3.63) is 59.4 Å². The summed E-state index contributed by atoms with van der Waals surface area (Å²) in [6.07, 6.45) is 4.30. The van der Waals surface area contributed by atoms with Crippen molar-refractivity contribution in [3.63, 3.8) is 0 Å². The predicted molar refractivity (Wildman–Crippen MR) is 98.1 cm³/mol. The summed E-state index contributed by atoms with van der Waals surface area (Å²) in [6, 6.07) is 10.2. The van der Waals surface area contributed by atoms with Gasteiger partial charge in [-0.05, 0) is 52.3 Å². The molecule has 1 aromatic heterocycles. The molecule has 1 N–H and O–H groups in total. The van der Waals surface area contributed by atoms with Gasteiger partial charge in [0.05, 0.1) is 11.4 Å².